The van der Waals surface area contributed by atoms with Crippen LogP contribution in [0, 0.1) is 23.2 Å². The number of hydrogen-bond donors (Lipinski definition) is 1. The Morgan fingerprint density at radius 1 is 1.17 bits per heavy atom. The van der Waals surface area contributed by atoms with E-state index in [9.17, 15) is 9.90 Å². The van der Waals surface area contributed by atoms with Gasteiger partial charge in [0, 0.05) is 0 Å². The molecule has 2 atom stereocenters. The average molecular weight is 252 g/mol. The van der Waals surface area contributed by atoms with Gasteiger partial charge in [0.15, 0.2) is 0 Å². The molecule has 2 heteroatoms. The van der Waals surface area contributed by atoms with Crippen molar-refractivity contribution in [2.24, 2.45) is 23.2 Å². The molecule has 0 radical (unpaired) electrons. The van der Waals surface area contributed by atoms with Gasteiger partial charge in [-0.1, -0.05) is 46.0 Å². The van der Waals surface area contributed by atoms with Gasteiger partial charge in [0.1, 0.15) is 0 Å². The molecule has 0 aromatic carbocycles. The van der Waals surface area contributed by atoms with Gasteiger partial charge >= 0.3 is 5.97 Å². The number of hydrogen-bond acceptors (Lipinski definition) is 1. The summed E-state index contributed by atoms with van der Waals surface area (Å²) in [7, 11) is 0. The Bertz CT molecular complexity index is 289. The summed E-state index contributed by atoms with van der Waals surface area (Å²) >= 11 is 0. The third-order valence-electron chi connectivity index (χ3n) is 5.19. The summed E-state index contributed by atoms with van der Waals surface area (Å²) in [5.74, 6) is 0.611. The lowest BCUT2D eigenvalue weighted by atomic mass is 9.64. The third kappa shape index (κ3) is 3.49. The normalized spacial score (nSPS) is 33.2. The summed E-state index contributed by atoms with van der Waals surface area (Å²) in [6.07, 6.45) is 11.0. The minimum absolute atomic E-state index is 0.0695. The molecule has 2 rings (SSSR count). The zero-order valence-electron chi connectivity index (χ0n) is 12.0. The van der Waals surface area contributed by atoms with Crippen molar-refractivity contribution < 1.29 is 9.90 Å². The molecule has 0 spiro atoms. The molecule has 2 saturated carbocycles. The van der Waals surface area contributed by atoms with Gasteiger partial charge in [-0.25, -0.2) is 0 Å². The standard InChI is InChI=1S/C16H28O2/c1-16(2)9-8-14(15(17)18)13(11-16)10-12-6-4-3-5-7-12/h12-14H,3-11H2,1-2H3,(H,17,18). The van der Waals surface area contributed by atoms with Gasteiger partial charge in [0.2, 0.25) is 0 Å². The van der Waals surface area contributed by atoms with Crippen molar-refractivity contribution >= 4 is 5.97 Å². The third-order valence-corrected chi connectivity index (χ3v) is 5.19. The first kappa shape index (κ1) is 13.9. The van der Waals surface area contributed by atoms with E-state index in [1.165, 1.54) is 38.5 Å². The summed E-state index contributed by atoms with van der Waals surface area (Å²) in [6.45, 7) is 4.61. The molecule has 104 valence electrons. The highest BCUT2D eigenvalue weighted by molar-refractivity contribution is 5.70. The van der Waals surface area contributed by atoms with Gasteiger partial charge in [-0.2, -0.15) is 0 Å². The Kier molecular flexibility index (Phi) is 4.34. The van der Waals surface area contributed by atoms with Crippen molar-refractivity contribution in [1.82, 2.24) is 0 Å². The van der Waals surface area contributed by atoms with E-state index < -0.39 is 5.97 Å². The Hall–Kier alpha value is -0.530. The number of carboxylic acid groups (broad SMARTS) is 1. The largest absolute Gasteiger partial charge is 0.481 e. The van der Waals surface area contributed by atoms with Crippen LogP contribution in [-0.2, 0) is 4.79 Å². The number of aliphatic carboxylic acids is 1. The molecule has 0 heterocycles. The van der Waals surface area contributed by atoms with Crippen molar-refractivity contribution in [1.29, 1.82) is 0 Å². The molecule has 0 saturated heterocycles. The van der Waals surface area contributed by atoms with Crippen molar-refractivity contribution in [3.63, 3.8) is 0 Å². The van der Waals surface area contributed by atoms with Crippen LogP contribution in [0.3, 0.4) is 0 Å². The lowest BCUT2D eigenvalue weighted by Gasteiger charge is -2.41. The van der Waals surface area contributed by atoms with Crippen molar-refractivity contribution in [2.45, 2.75) is 71.6 Å². The van der Waals surface area contributed by atoms with E-state index in [0.29, 0.717) is 11.3 Å². The van der Waals surface area contributed by atoms with Gasteiger partial charge in [0.25, 0.3) is 0 Å². The summed E-state index contributed by atoms with van der Waals surface area (Å²) < 4.78 is 0. The molecule has 2 aliphatic carbocycles. The fourth-order valence-corrected chi connectivity index (χ4v) is 4.16. The minimum Gasteiger partial charge on any atom is -0.481 e. The highest BCUT2D eigenvalue weighted by Crippen LogP contribution is 2.45. The first-order valence-electron chi connectivity index (χ1n) is 7.71. The Balaban J connectivity index is 1.98. The number of rotatable bonds is 3. The van der Waals surface area contributed by atoms with Crippen LogP contribution in [0.2, 0.25) is 0 Å². The van der Waals surface area contributed by atoms with Crippen molar-refractivity contribution in [3.8, 4) is 0 Å². The van der Waals surface area contributed by atoms with Crippen LogP contribution in [0.5, 0.6) is 0 Å². The maximum Gasteiger partial charge on any atom is 0.306 e. The fraction of sp³-hybridized carbons (Fsp3) is 0.938. The first-order valence-corrected chi connectivity index (χ1v) is 7.71. The summed E-state index contributed by atoms with van der Waals surface area (Å²) in [5.41, 5.74) is 0.352. The second-order valence-corrected chi connectivity index (χ2v) is 7.35. The molecule has 2 nitrogen and oxygen atoms in total. The van der Waals surface area contributed by atoms with Crippen molar-refractivity contribution in [3.05, 3.63) is 0 Å². The monoisotopic (exact) mass is 252 g/mol. The quantitative estimate of drug-likeness (QED) is 0.804. The molecular formula is C16H28O2. The highest BCUT2D eigenvalue weighted by Gasteiger charge is 2.39. The maximum atomic E-state index is 11.4. The van der Waals surface area contributed by atoms with E-state index in [-0.39, 0.29) is 5.92 Å². The topological polar surface area (TPSA) is 37.3 Å². The summed E-state index contributed by atoms with van der Waals surface area (Å²) in [6, 6.07) is 0. The van der Waals surface area contributed by atoms with Gasteiger partial charge in [0.05, 0.1) is 5.92 Å². The van der Waals surface area contributed by atoms with Gasteiger partial charge < -0.3 is 5.11 Å². The predicted molar refractivity (Wildman–Crippen MR) is 73.4 cm³/mol. The molecule has 0 aromatic rings. The summed E-state index contributed by atoms with van der Waals surface area (Å²) in [5, 5.41) is 9.41. The SMILES string of the molecule is CC1(C)CCC(C(=O)O)C(CC2CCCCC2)C1. The lowest BCUT2D eigenvalue weighted by molar-refractivity contribution is -0.146. The maximum absolute atomic E-state index is 11.4. The summed E-state index contributed by atoms with van der Waals surface area (Å²) in [4.78, 5) is 11.4. The van der Waals surface area contributed by atoms with E-state index in [2.05, 4.69) is 13.8 Å². The molecule has 0 bridgehead atoms. The zero-order valence-corrected chi connectivity index (χ0v) is 12.0. The molecule has 2 fully saturated rings. The van der Waals surface area contributed by atoms with Crippen LogP contribution in [0.1, 0.15) is 71.6 Å². The van der Waals surface area contributed by atoms with Gasteiger partial charge in [-0.15, -0.1) is 0 Å². The molecule has 0 amide bonds. The number of carbonyl (C=O) groups is 1. The lowest BCUT2D eigenvalue weighted by Crippen LogP contribution is -2.35. The molecule has 18 heavy (non-hydrogen) atoms. The van der Waals surface area contributed by atoms with Crippen LogP contribution in [-0.4, -0.2) is 11.1 Å². The highest BCUT2D eigenvalue weighted by atomic mass is 16.4. The Morgan fingerprint density at radius 3 is 2.44 bits per heavy atom. The second kappa shape index (κ2) is 5.63. The Morgan fingerprint density at radius 2 is 1.83 bits per heavy atom. The fourth-order valence-electron chi connectivity index (χ4n) is 4.16. The minimum atomic E-state index is -0.550. The first-order chi connectivity index (χ1) is 8.48. The van der Waals surface area contributed by atoms with E-state index in [4.69, 9.17) is 0 Å². The van der Waals surface area contributed by atoms with Crippen LogP contribution < -0.4 is 0 Å². The van der Waals surface area contributed by atoms with Gasteiger partial charge in [-0.05, 0) is 42.9 Å². The molecular weight excluding hydrogens is 224 g/mol. The van der Waals surface area contributed by atoms with Crippen LogP contribution in [0.4, 0.5) is 0 Å². The second-order valence-electron chi connectivity index (χ2n) is 7.35. The molecule has 2 unspecified atom stereocenters. The van der Waals surface area contributed by atoms with E-state index in [1.54, 1.807) is 0 Å². The van der Waals surface area contributed by atoms with E-state index in [1.807, 2.05) is 0 Å². The van der Waals surface area contributed by atoms with Gasteiger partial charge in [-0.3, -0.25) is 4.79 Å². The molecule has 1 N–H and O–H groups in total. The average Bonchev–Trinajstić information content (AvgIpc) is 2.28. The molecule has 0 aliphatic heterocycles. The molecule has 2 aliphatic rings. The van der Waals surface area contributed by atoms with Crippen LogP contribution in [0.25, 0.3) is 0 Å². The van der Waals surface area contributed by atoms with Crippen molar-refractivity contribution in [2.75, 3.05) is 0 Å². The van der Waals surface area contributed by atoms with E-state index in [0.717, 1.165) is 25.2 Å². The number of carboxylic acids is 1. The van der Waals surface area contributed by atoms with Crippen LogP contribution >= 0.6 is 0 Å². The molecule has 0 aromatic heterocycles. The Labute approximate surface area is 111 Å². The smallest absolute Gasteiger partial charge is 0.306 e. The van der Waals surface area contributed by atoms with E-state index >= 15 is 0 Å². The predicted octanol–water partition coefficient (Wildman–Crippen LogP) is 4.48. The van der Waals surface area contributed by atoms with Crippen LogP contribution in [0.15, 0.2) is 0 Å². The zero-order chi connectivity index (χ0) is 13.2.